The molecule has 0 unspecified atom stereocenters. The Morgan fingerprint density at radius 3 is 2.62 bits per heavy atom. The Morgan fingerprint density at radius 2 is 2.05 bits per heavy atom. The van der Waals surface area contributed by atoms with Crippen LogP contribution in [0, 0.1) is 0 Å². The van der Waals surface area contributed by atoms with Gasteiger partial charge in [-0.25, -0.2) is 8.42 Å². The first-order chi connectivity index (χ1) is 9.76. The van der Waals surface area contributed by atoms with Crippen LogP contribution in [0.4, 0.5) is 11.4 Å². The summed E-state index contributed by atoms with van der Waals surface area (Å²) in [6.07, 6.45) is 0.418. The Labute approximate surface area is 125 Å². The molecule has 0 aliphatic carbocycles. The van der Waals surface area contributed by atoms with Gasteiger partial charge < -0.3 is 15.8 Å². The second kappa shape index (κ2) is 7.31. The van der Waals surface area contributed by atoms with E-state index in [1.165, 1.54) is 7.11 Å². The molecule has 0 bridgehead atoms. The van der Waals surface area contributed by atoms with Gasteiger partial charge in [-0.2, -0.15) is 0 Å². The molecule has 0 aliphatic heterocycles. The Morgan fingerprint density at radius 1 is 1.38 bits per heavy atom. The van der Waals surface area contributed by atoms with Crippen LogP contribution in [0.5, 0.6) is 5.75 Å². The molecule has 0 heterocycles. The number of amides is 1. The molecule has 0 aromatic heterocycles. The van der Waals surface area contributed by atoms with Crippen LogP contribution in [0.2, 0.25) is 0 Å². The van der Waals surface area contributed by atoms with Gasteiger partial charge in [-0.3, -0.25) is 4.79 Å². The normalized spacial score (nSPS) is 11.4. The van der Waals surface area contributed by atoms with Gasteiger partial charge in [0, 0.05) is 12.1 Å². The highest BCUT2D eigenvalue weighted by molar-refractivity contribution is 7.91. The van der Waals surface area contributed by atoms with Gasteiger partial charge in [0.1, 0.15) is 5.75 Å². The third-order valence-corrected chi connectivity index (χ3v) is 5.34. The SMILES string of the molecule is COc1ccc(N)cc1NC(=O)CCCS(=O)(=O)C(C)C. The number of nitrogens with one attached hydrogen (secondary N) is 1. The van der Waals surface area contributed by atoms with Crippen LogP contribution in [-0.4, -0.2) is 32.4 Å². The molecule has 1 aromatic carbocycles. The second-order valence-corrected chi connectivity index (χ2v) is 7.70. The van der Waals surface area contributed by atoms with Crippen molar-refractivity contribution in [2.45, 2.75) is 31.9 Å². The van der Waals surface area contributed by atoms with Gasteiger partial charge in [-0.15, -0.1) is 0 Å². The number of nitrogens with two attached hydrogens (primary N) is 1. The largest absolute Gasteiger partial charge is 0.495 e. The molecule has 0 aliphatic rings. The van der Waals surface area contributed by atoms with Gasteiger partial charge in [-0.1, -0.05) is 0 Å². The summed E-state index contributed by atoms with van der Waals surface area (Å²) < 4.78 is 28.4. The van der Waals surface area contributed by atoms with E-state index in [-0.39, 0.29) is 24.5 Å². The minimum Gasteiger partial charge on any atom is -0.495 e. The molecule has 3 N–H and O–H groups in total. The number of ether oxygens (including phenoxy) is 1. The van der Waals surface area contributed by atoms with Gasteiger partial charge in [0.15, 0.2) is 9.84 Å². The third-order valence-electron chi connectivity index (χ3n) is 3.05. The van der Waals surface area contributed by atoms with Crippen LogP contribution in [0.1, 0.15) is 26.7 Å². The van der Waals surface area contributed by atoms with Crippen LogP contribution in [0.15, 0.2) is 18.2 Å². The average Bonchev–Trinajstić information content (AvgIpc) is 2.38. The maximum absolute atomic E-state index is 11.8. The quantitative estimate of drug-likeness (QED) is 0.748. The van der Waals surface area contributed by atoms with Crippen LogP contribution < -0.4 is 15.8 Å². The average molecular weight is 314 g/mol. The number of hydrogen-bond donors (Lipinski definition) is 2. The van der Waals surface area contributed by atoms with Crippen molar-refractivity contribution in [3.8, 4) is 5.75 Å². The van der Waals surface area contributed by atoms with Gasteiger partial charge in [0.05, 0.1) is 23.8 Å². The number of carbonyl (C=O) groups is 1. The van der Waals surface area contributed by atoms with Gasteiger partial charge in [0.2, 0.25) is 5.91 Å². The van der Waals surface area contributed by atoms with Crippen LogP contribution >= 0.6 is 0 Å². The zero-order valence-corrected chi connectivity index (χ0v) is 13.4. The van der Waals surface area contributed by atoms with Crippen LogP contribution in [0.25, 0.3) is 0 Å². The number of anilines is 2. The molecule has 1 aromatic rings. The first-order valence-corrected chi connectivity index (χ1v) is 8.42. The molecular weight excluding hydrogens is 292 g/mol. The van der Waals surface area contributed by atoms with Crippen LogP contribution in [0.3, 0.4) is 0 Å². The highest BCUT2D eigenvalue weighted by Gasteiger charge is 2.16. The number of hydrogen-bond acceptors (Lipinski definition) is 5. The second-order valence-electron chi connectivity index (χ2n) is 5.03. The number of methoxy groups -OCH3 is 1. The Balaban J connectivity index is 2.57. The molecule has 0 saturated heterocycles. The standard InChI is InChI=1S/C14H22N2O4S/c1-10(2)21(18,19)8-4-5-14(17)16-12-9-11(15)6-7-13(12)20-3/h6-7,9-10H,4-5,8,15H2,1-3H3,(H,16,17). The monoisotopic (exact) mass is 314 g/mol. The van der Waals surface area contributed by atoms with E-state index in [1.807, 2.05) is 0 Å². The summed E-state index contributed by atoms with van der Waals surface area (Å²) in [4.78, 5) is 11.8. The number of carbonyl (C=O) groups excluding carboxylic acids is 1. The van der Waals surface area contributed by atoms with Crippen molar-refractivity contribution in [2.24, 2.45) is 0 Å². The van der Waals surface area contributed by atoms with E-state index in [0.29, 0.717) is 17.1 Å². The summed E-state index contributed by atoms with van der Waals surface area (Å²) in [6, 6.07) is 4.93. The Bertz CT molecular complexity index is 597. The minimum absolute atomic E-state index is 0.00610. The minimum atomic E-state index is -3.11. The molecule has 21 heavy (non-hydrogen) atoms. The summed E-state index contributed by atoms with van der Waals surface area (Å²) >= 11 is 0. The number of rotatable bonds is 7. The van der Waals surface area contributed by atoms with Crippen molar-refractivity contribution < 1.29 is 17.9 Å². The number of nitrogen functional groups attached to an aromatic ring is 1. The molecule has 0 fully saturated rings. The summed E-state index contributed by atoms with van der Waals surface area (Å²) in [5.74, 6) is 0.247. The smallest absolute Gasteiger partial charge is 0.224 e. The first kappa shape index (κ1) is 17.3. The Kier molecular flexibility index (Phi) is 6.02. The van der Waals surface area contributed by atoms with E-state index in [2.05, 4.69) is 5.32 Å². The Hall–Kier alpha value is -1.76. The summed E-state index contributed by atoms with van der Waals surface area (Å²) in [5.41, 5.74) is 6.65. The zero-order valence-electron chi connectivity index (χ0n) is 12.5. The fraction of sp³-hybridized carbons (Fsp3) is 0.500. The molecule has 7 heteroatoms. The maximum Gasteiger partial charge on any atom is 0.224 e. The molecule has 0 saturated carbocycles. The van der Waals surface area contributed by atoms with E-state index in [0.717, 1.165) is 0 Å². The fourth-order valence-electron chi connectivity index (χ4n) is 1.71. The number of benzene rings is 1. The highest BCUT2D eigenvalue weighted by Crippen LogP contribution is 2.26. The molecule has 0 spiro atoms. The lowest BCUT2D eigenvalue weighted by Crippen LogP contribution is -2.19. The van der Waals surface area contributed by atoms with Crippen molar-refractivity contribution in [1.29, 1.82) is 0 Å². The van der Waals surface area contributed by atoms with Gasteiger partial charge in [0.25, 0.3) is 0 Å². The lowest BCUT2D eigenvalue weighted by Gasteiger charge is -2.11. The van der Waals surface area contributed by atoms with Gasteiger partial charge in [-0.05, 0) is 38.5 Å². The molecule has 6 nitrogen and oxygen atoms in total. The van der Waals surface area contributed by atoms with E-state index in [1.54, 1.807) is 32.0 Å². The molecular formula is C14H22N2O4S. The molecule has 0 radical (unpaired) electrons. The predicted octanol–water partition coefficient (Wildman–Crippen LogP) is 1.82. The molecule has 118 valence electrons. The number of sulfone groups is 1. The van der Waals surface area contributed by atoms with E-state index in [9.17, 15) is 13.2 Å². The summed E-state index contributed by atoms with van der Waals surface area (Å²) in [6.45, 7) is 3.26. The predicted molar refractivity (Wildman–Crippen MR) is 84.2 cm³/mol. The first-order valence-electron chi connectivity index (χ1n) is 6.71. The van der Waals surface area contributed by atoms with Crippen LogP contribution in [-0.2, 0) is 14.6 Å². The summed E-state index contributed by atoms with van der Waals surface area (Å²) in [7, 11) is -1.61. The molecule has 1 rings (SSSR count). The van der Waals surface area contributed by atoms with Crippen molar-refractivity contribution in [2.75, 3.05) is 23.9 Å². The fourth-order valence-corrected chi connectivity index (χ4v) is 2.72. The zero-order chi connectivity index (χ0) is 16.0. The molecule has 0 atom stereocenters. The van der Waals surface area contributed by atoms with E-state index >= 15 is 0 Å². The topological polar surface area (TPSA) is 98.5 Å². The maximum atomic E-state index is 11.8. The lowest BCUT2D eigenvalue weighted by molar-refractivity contribution is -0.116. The van der Waals surface area contributed by atoms with Crippen molar-refractivity contribution in [1.82, 2.24) is 0 Å². The van der Waals surface area contributed by atoms with E-state index in [4.69, 9.17) is 10.5 Å². The highest BCUT2D eigenvalue weighted by atomic mass is 32.2. The molecule has 1 amide bonds. The van der Waals surface area contributed by atoms with E-state index < -0.39 is 15.1 Å². The lowest BCUT2D eigenvalue weighted by atomic mass is 10.2. The van der Waals surface area contributed by atoms with Crippen molar-refractivity contribution in [3.63, 3.8) is 0 Å². The van der Waals surface area contributed by atoms with Gasteiger partial charge >= 0.3 is 0 Å². The van der Waals surface area contributed by atoms with Crippen molar-refractivity contribution >= 4 is 27.1 Å². The third kappa shape index (κ3) is 5.26. The summed E-state index contributed by atoms with van der Waals surface area (Å²) in [5, 5.41) is 2.26. The van der Waals surface area contributed by atoms with Crippen molar-refractivity contribution in [3.05, 3.63) is 18.2 Å².